The fourth-order valence-electron chi connectivity index (χ4n) is 2.17. The Hall–Kier alpha value is -1.34. The zero-order valence-electron chi connectivity index (χ0n) is 12.7. The van der Waals surface area contributed by atoms with Gasteiger partial charge in [-0.05, 0) is 25.0 Å². The van der Waals surface area contributed by atoms with E-state index >= 15 is 0 Å². The maximum atomic E-state index is 12.6. The Morgan fingerprint density at radius 3 is 2.45 bits per heavy atom. The van der Waals surface area contributed by atoms with Crippen molar-refractivity contribution in [3.63, 3.8) is 0 Å². The molecular formula is C14H19ClF3N3O. The molecule has 0 radical (unpaired) electrons. The van der Waals surface area contributed by atoms with Crippen LogP contribution in [0.3, 0.4) is 0 Å². The molecule has 4 nitrogen and oxygen atoms in total. The Balaban J connectivity index is 0.00000116. The van der Waals surface area contributed by atoms with E-state index in [0.717, 1.165) is 6.07 Å². The van der Waals surface area contributed by atoms with Gasteiger partial charge in [0.05, 0.1) is 5.56 Å². The largest absolute Gasteiger partial charge is 0.433 e. The van der Waals surface area contributed by atoms with Crippen molar-refractivity contribution in [2.45, 2.75) is 39.4 Å². The summed E-state index contributed by atoms with van der Waals surface area (Å²) in [5, 5.41) is -0.428. The van der Waals surface area contributed by atoms with Crippen LogP contribution in [0.2, 0.25) is 5.15 Å². The SMILES string of the molecule is CC.Cc1cc(C(F)(F)F)nc(Cl)c1C(=O)N1CCC(N)C1. The summed E-state index contributed by atoms with van der Waals surface area (Å²) in [6.45, 7) is 6.25. The molecule has 1 unspecified atom stereocenters. The third kappa shape index (κ3) is 4.10. The Labute approximate surface area is 132 Å². The Morgan fingerprint density at radius 2 is 2.05 bits per heavy atom. The fraction of sp³-hybridized carbons (Fsp3) is 0.571. The summed E-state index contributed by atoms with van der Waals surface area (Å²) < 4.78 is 37.8. The molecule has 0 aliphatic carbocycles. The average molecular weight is 338 g/mol. The summed E-state index contributed by atoms with van der Waals surface area (Å²) in [5.74, 6) is -0.429. The third-order valence-corrected chi connectivity index (χ3v) is 3.46. The second kappa shape index (κ2) is 7.28. The molecule has 0 bridgehead atoms. The van der Waals surface area contributed by atoms with Crippen LogP contribution < -0.4 is 5.73 Å². The number of hydrogen-bond acceptors (Lipinski definition) is 3. The summed E-state index contributed by atoms with van der Waals surface area (Å²) in [5.41, 5.74) is 4.77. The van der Waals surface area contributed by atoms with Crippen LogP contribution in [0.25, 0.3) is 0 Å². The van der Waals surface area contributed by atoms with Crippen molar-refractivity contribution in [1.82, 2.24) is 9.88 Å². The minimum Gasteiger partial charge on any atom is -0.337 e. The quantitative estimate of drug-likeness (QED) is 0.800. The summed E-state index contributed by atoms with van der Waals surface area (Å²) in [6, 6.07) is 0.718. The lowest BCUT2D eigenvalue weighted by atomic mass is 10.1. The highest BCUT2D eigenvalue weighted by molar-refractivity contribution is 6.32. The number of likely N-dealkylation sites (tertiary alicyclic amines) is 1. The smallest absolute Gasteiger partial charge is 0.337 e. The zero-order chi connectivity index (χ0) is 17.1. The molecule has 1 aliphatic heterocycles. The van der Waals surface area contributed by atoms with Gasteiger partial charge in [-0.3, -0.25) is 4.79 Å². The van der Waals surface area contributed by atoms with Gasteiger partial charge in [0.2, 0.25) is 0 Å². The molecule has 1 fully saturated rings. The number of aromatic nitrogens is 1. The molecule has 1 aromatic heterocycles. The van der Waals surface area contributed by atoms with Gasteiger partial charge in [-0.2, -0.15) is 13.2 Å². The van der Waals surface area contributed by atoms with Crippen LogP contribution in [0.5, 0.6) is 0 Å². The van der Waals surface area contributed by atoms with Crippen molar-refractivity contribution in [3.8, 4) is 0 Å². The predicted octanol–water partition coefficient (Wildman–Crippen LogP) is 3.26. The summed E-state index contributed by atoms with van der Waals surface area (Å²) in [7, 11) is 0. The van der Waals surface area contributed by atoms with Crippen molar-refractivity contribution in [1.29, 1.82) is 0 Å². The van der Waals surface area contributed by atoms with E-state index in [2.05, 4.69) is 4.98 Å². The van der Waals surface area contributed by atoms with Crippen LogP contribution in [-0.2, 0) is 6.18 Å². The number of nitrogens with two attached hydrogens (primary N) is 1. The minimum absolute atomic E-state index is 0.00812. The Morgan fingerprint density at radius 1 is 1.45 bits per heavy atom. The van der Waals surface area contributed by atoms with Crippen molar-refractivity contribution < 1.29 is 18.0 Å². The molecule has 2 rings (SSSR count). The highest BCUT2D eigenvalue weighted by atomic mass is 35.5. The summed E-state index contributed by atoms with van der Waals surface area (Å²) >= 11 is 5.76. The summed E-state index contributed by atoms with van der Waals surface area (Å²) in [6.07, 6.45) is -3.93. The molecule has 8 heteroatoms. The molecule has 0 aromatic carbocycles. The van der Waals surface area contributed by atoms with Gasteiger partial charge in [-0.25, -0.2) is 4.98 Å². The first-order valence-corrected chi connectivity index (χ1v) is 7.37. The van der Waals surface area contributed by atoms with Gasteiger partial charge in [-0.1, -0.05) is 25.4 Å². The maximum absolute atomic E-state index is 12.6. The minimum atomic E-state index is -4.59. The first-order valence-electron chi connectivity index (χ1n) is 6.99. The first kappa shape index (κ1) is 18.7. The zero-order valence-corrected chi connectivity index (χ0v) is 13.4. The number of carbonyl (C=O) groups excluding carboxylic acids is 1. The van der Waals surface area contributed by atoms with E-state index in [1.54, 1.807) is 0 Å². The number of amides is 1. The number of rotatable bonds is 1. The second-order valence-corrected chi connectivity index (χ2v) is 5.15. The van der Waals surface area contributed by atoms with Crippen LogP contribution in [0.4, 0.5) is 13.2 Å². The van der Waals surface area contributed by atoms with E-state index in [-0.39, 0.29) is 17.2 Å². The predicted molar refractivity (Wildman–Crippen MR) is 78.8 cm³/mol. The number of halogens is 4. The fourth-order valence-corrected chi connectivity index (χ4v) is 2.49. The lowest BCUT2D eigenvalue weighted by molar-refractivity contribution is -0.141. The van der Waals surface area contributed by atoms with Gasteiger partial charge in [-0.15, -0.1) is 0 Å². The molecule has 1 amide bonds. The Kier molecular flexibility index (Phi) is 6.19. The van der Waals surface area contributed by atoms with E-state index in [1.807, 2.05) is 13.8 Å². The van der Waals surface area contributed by atoms with E-state index in [0.29, 0.717) is 19.5 Å². The van der Waals surface area contributed by atoms with Gasteiger partial charge < -0.3 is 10.6 Å². The molecule has 1 aliphatic rings. The molecule has 22 heavy (non-hydrogen) atoms. The van der Waals surface area contributed by atoms with Gasteiger partial charge >= 0.3 is 6.18 Å². The van der Waals surface area contributed by atoms with Gasteiger partial charge in [0.25, 0.3) is 5.91 Å². The topological polar surface area (TPSA) is 59.2 Å². The van der Waals surface area contributed by atoms with E-state index in [1.165, 1.54) is 11.8 Å². The number of carbonyl (C=O) groups is 1. The van der Waals surface area contributed by atoms with E-state index < -0.39 is 22.9 Å². The van der Waals surface area contributed by atoms with E-state index in [9.17, 15) is 18.0 Å². The van der Waals surface area contributed by atoms with Crippen LogP contribution in [0, 0.1) is 6.92 Å². The monoisotopic (exact) mass is 337 g/mol. The van der Waals surface area contributed by atoms with Crippen molar-refractivity contribution in [3.05, 3.63) is 28.0 Å². The molecule has 1 saturated heterocycles. The molecule has 1 aromatic rings. The number of alkyl halides is 3. The van der Waals surface area contributed by atoms with Crippen LogP contribution >= 0.6 is 11.6 Å². The van der Waals surface area contributed by atoms with Gasteiger partial charge in [0.1, 0.15) is 10.8 Å². The molecular weight excluding hydrogens is 319 g/mol. The molecule has 0 saturated carbocycles. The molecule has 0 spiro atoms. The number of hydrogen-bond donors (Lipinski definition) is 1. The van der Waals surface area contributed by atoms with Crippen molar-refractivity contribution in [2.75, 3.05) is 13.1 Å². The number of nitrogens with zero attached hydrogens (tertiary/aromatic N) is 2. The first-order chi connectivity index (χ1) is 10.2. The van der Waals surface area contributed by atoms with Gasteiger partial charge in [0.15, 0.2) is 0 Å². The van der Waals surface area contributed by atoms with Crippen molar-refractivity contribution in [2.24, 2.45) is 5.73 Å². The lowest BCUT2D eigenvalue weighted by Crippen LogP contribution is -2.32. The molecule has 2 heterocycles. The van der Waals surface area contributed by atoms with E-state index in [4.69, 9.17) is 17.3 Å². The standard InChI is InChI=1S/C12H13ClF3N3O.C2H6/c1-6-4-8(12(14,15)16)18-10(13)9(6)11(20)19-3-2-7(17)5-19;1-2/h4,7H,2-3,5,17H2,1H3;1-2H3. The van der Waals surface area contributed by atoms with Crippen LogP contribution in [0.1, 0.15) is 41.9 Å². The van der Waals surface area contributed by atoms with Crippen molar-refractivity contribution >= 4 is 17.5 Å². The molecule has 124 valence electrons. The lowest BCUT2D eigenvalue weighted by Gasteiger charge is -2.18. The number of aryl methyl sites for hydroxylation is 1. The molecule has 1 atom stereocenters. The molecule has 2 N–H and O–H groups in total. The average Bonchev–Trinajstić information content (AvgIpc) is 2.85. The second-order valence-electron chi connectivity index (χ2n) is 4.79. The Bertz CT molecular complexity index is 526. The van der Waals surface area contributed by atoms with Gasteiger partial charge in [0, 0.05) is 19.1 Å². The third-order valence-electron chi connectivity index (χ3n) is 3.19. The van der Waals surface area contributed by atoms with Crippen LogP contribution in [0.15, 0.2) is 6.07 Å². The van der Waals surface area contributed by atoms with Crippen LogP contribution in [-0.4, -0.2) is 34.9 Å². The maximum Gasteiger partial charge on any atom is 0.433 e. The normalized spacial score (nSPS) is 18.0. The highest BCUT2D eigenvalue weighted by Gasteiger charge is 2.35. The number of pyridine rings is 1. The highest BCUT2D eigenvalue weighted by Crippen LogP contribution is 2.31. The summed E-state index contributed by atoms with van der Waals surface area (Å²) in [4.78, 5) is 17.0.